The first-order valence-electron chi connectivity index (χ1n) is 8.63. The molecule has 1 heterocycles. The summed E-state index contributed by atoms with van der Waals surface area (Å²) in [6, 6.07) is 14.0. The summed E-state index contributed by atoms with van der Waals surface area (Å²) in [5.41, 5.74) is 4.83. The topological polar surface area (TPSA) is 35.6 Å². The maximum Gasteiger partial charge on any atom is 0.317 e. The maximum absolute atomic E-state index is 12.4. The molecule has 1 aliphatic rings. The maximum atomic E-state index is 12.4. The van der Waals surface area contributed by atoms with E-state index in [-0.39, 0.29) is 18.4 Å². The highest BCUT2D eigenvalue weighted by Gasteiger charge is 2.22. The Kier molecular flexibility index (Phi) is 7.18. The second-order valence-electron chi connectivity index (χ2n) is 6.44. The number of amides is 2. The van der Waals surface area contributed by atoms with Crippen molar-refractivity contribution in [2.45, 2.75) is 20.4 Å². The number of rotatable bonds is 3. The lowest BCUT2D eigenvalue weighted by atomic mass is 10.1. The van der Waals surface area contributed by atoms with Crippen LogP contribution in [-0.4, -0.2) is 37.1 Å². The second-order valence-corrected chi connectivity index (χ2v) is 6.85. The molecule has 0 spiro atoms. The average Bonchev–Trinajstić information content (AvgIpc) is 2.63. The Morgan fingerprint density at radius 1 is 1.04 bits per heavy atom. The lowest BCUT2D eigenvalue weighted by Gasteiger charge is -2.37. The van der Waals surface area contributed by atoms with Gasteiger partial charge in [0.1, 0.15) is 0 Å². The van der Waals surface area contributed by atoms with Crippen LogP contribution in [0.1, 0.15) is 16.7 Å². The Bertz CT molecular complexity index is 758. The molecule has 1 fully saturated rings. The summed E-state index contributed by atoms with van der Waals surface area (Å²) in [5.74, 6) is 0. The molecule has 1 saturated heterocycles. The molecule has 26 heavy (non-hydrogen) atoms. The van der Waals surface area contributed by atoms with Gasteiger partial charge in [-0.2, -0.15) is 0 Å². The summed E-state index contributed by atoms with van der Waals surface area (Å²) < 4.78 is 0. The van der Waals surface area contributed by atoms with Crippen molar-refractivity contribution in [1.82, 2.24) is 10.2 Å². The summed E-state index contributed by atoms with van der Waals surface area (Å²) in [7, 11) is 0. The fraction of sp³-hybridized carbons (Fsp3) is 0.350. The van der Waals surface area contributed by atoms with Crippen molar-refractivity contribution in [1.29, 1.82) is 0 Å². The molecule has 0 bridgehead atoms. The fourth-order valence-corrected chi connectivity index (χ4v) is 3.36. The minimum Gasteiger partial charge on any atom is -0.368 e. The van der Waals surface area contributed by atoms with E-state index in [1.54, 1.807) is 0 Å². The highest BCUT2D eigenvalue weighted by Crippen LogP contribution is 2.24. The van der Waals surface area contributed by atoms with Crippen molar-refractivity contribution in [2.75, 3.05) is 31.1 Å². The largest absolute Gasteiger partial charge is 0.368 e. The van der Waals surface area contributed by atoms with Crippen LogP contribution < -0.4 is 10.2 Å². The second kappa shape index (κ2) is 9.15. The first kappa shape index (κ1) is 20.4. The van der Waals surface area contributed by atoms with Crippen LogP contribution in [0.5, 0.6) is 0 Å². The number of nitrogens with one attached hydrogen (secondary N) is 1. The number of anilines is 1. The SMILES string of the molecule is Cc1cccc(N2CCN(C(=O)NCc3ccccc3Cl)CC2)c1C.Cl. The third-order valence-electron chi connectivity index (χ3n) is 4.87. The standard InChI is InChI=1S/C20H24ClN3O.ClH/c1-15-6-5-9-19(16(15)2)23-10-12-24(13-11-23)20(25)22-14-17-7-3-4-8-18(17)21;/h3-9H,10-14H2,1-2H3,(H,22,25);1H. The zero-order chi connectivity index (χ0) is 17.8. The molecule has 6 heteroatoms. The monoisotopic (exact) mass is 393 g/mol. The number of aryl methyl sites for hydroxylation is 1. The fourth-order valence-electron chi connectivity index (χ4n) is 3.15. The summed E-state index contributed by atoms with van der Waals surface area (Å²) >= 11 is 6.14. The first-order valence-corrected chi connectivity index (χ1v) is 9.01. The van der Waals surface area contributed by atoms with E-state index in [1.807, 2.05) is 29.2 Å². The number of urea groups is 1. The molecule has 3 rings (SSSR count). The molecule has 140 valence electrons. The number of halogens is 2. The Hall–Kier alpha value is -1.91. The highest BCUT2D eigenvalue weighted by molar-refractivity contribution is 6.31. The Morgan fingerprint density at radius 2 is 1.73 bits per heavy atom. The van der Waals surface area contributed by atoms with Gasteiger partial charge in [0.2, 0.25) is 0 Å². The van der Waals surface area contributed by atoms with Gasteiger partial charge >= 0.3 is 6.03 Å². The van der Waals surface area contributed by atoms with Crippen LogP contribution in [-0.2, 0) is 6.54 Å². The highest BCUT2D eigenvalue weighted by atomic mass is 35.5. The Balaban J connectivity index is 0.00000243. The van der Waals surface area contributed by atoms with E-state index in [2.05, 4.69) is 42.3 Å². The van der Waals surface area contributed by atoms with Gasteiger partial charge in [0.05, 0.1) is 0 Å². The van der Waals surface area contributed by atoms with Crippen molar-refractivity contribution in [2.24, 2.45) is 0 Å². The minimum atomic E-state index is -0.0273. The van der Waals surface area contributed by atoms with Gasteiger partial charge in [0.25, 0.3) is 0 Å². The van der Waals surface area contributed by atoms with Crippen molar-refractivity contribution in [3.63, 3.8) is 0 Å². The van der Waals surface area contributed by atoms with Gasteiger partial charge in [-0.1, -0.05) is 41.9 Å². The molecule has 0 atom stereocenters. The summed E-state index contributed by atoms with van der Waals surface area (Å²) in [6.45, 7) is 7.90. The molecule has 2 aromatic carbocycles. The molecule has 4 nitrogen and oxygen atoms in total. The van der Waals surface area contributed by atoms with E-state index in [4.69, 9.17) is 11.6 Å². The number of hydrogen-bond donors (Lipinski definition) is 1. The number of carbonyl (C=O) groups excluding carboxylic acids is 1. The zero-order valence-corrected chi connectivity index (χ0v) is 16.7. The van der Waals surface area contributed by atoms with Gasteiger partial charge in [-0.25, -0.2) is 4.79 Å². The molecule has 0 aromatic heterocycles. The predicted molar refractivity (Wildman–Crippen MR) is 111 cm³/mol. The van der Waals surface area contributed by atoms with Gasteiger partial charge in [-0.05, 0) is 42.7 Å². The molecule has 0 radical (unpaired) electrons. The molecule has 2 aromatic rings. The molecule has 0 aliphatic carbocycles. The minimum absolute atomic E-state index is 0. The van der Waals surface area contributed by atoms with E-state index in [0.29, 0.717) is 11.6 Å². The number of nitrogens with zero attached hydrogens (tertiary/aromatic N) is 2. The molecule has 0 unspecified atom stereocenters. The van der Waals surface area contributed by atoms with Crippen LogP contribution in [0, 0.1) is 13.8 Å². The first-order chi connectivity index (χ1) is 12.1. The normalized spacial score (nSPS) is 14.0. The third-order valence-corrected chi connectivity index (χ3v) is 5.24. The third kappa shape index (κ3) is 4.63. The molecule has 2 amide bonds. The van der Waals surface area contributed by atoms with Crippen molar-refractivity contribution in [3.8, 4) is 0 Å². The molecular weight excluding hydrogens is 369 g/mol. The number of benzene rings is 2. The number of carbonyl (C=O) groups is 1. The summed E-state index contributed by atoms with van der Waals surface area (Å²) in [5, 5.41) is 3.65. The van der Waals surface area contributed by atoms with Gasteiger partial charge < -0.3 is 15.1 Å². The van der Waals surface area contributed by atoms with Crippen molar-refractivity contribution < 1.29 is 4.79 Å². The van der Waals surface area contributed by atoms with Crippen LogP contribution >= 0.6 is 24.0 Å². The molecule has 1 N–H and O–H groups in total. The number of hydrogen-bond acceptors (Lipinski definition) is 2. The van der Waals surface area contributed by atoms with E-state index in [0.717, 1.165) is 31.7 Å². The van der Waals surface area contributed by atoms with Crippen LogP contribution in [0.25, 0.3) is 0 Å². The average molecular weight is 394 g/mol. The van der Waals surface area contributed by atoms with Crippen LogP contribution in [0.15, 0.2) is 42.5 Å². The summed E-state index contributed by atoms with van der Waals surface area (Å²) in [4.78, 5) is 16.6. The predicted octanol–water partition coefficient (Wildman–Crippen LogP) is 4.41. The van der Waals surface area contributed by atoms with Gasteiger partial charge in [-0.15, -0.1) is 12.4 Å². The van der Waals surface area contributed by atoms with Gasteiger partial charge in [0.15, 0.2) is 0 Å². The zero-order valence-electron chi connectivity index (χ0n) is 15.2. The van der Waals surface area contributed by atoms with Crippen molar-refractivity contribution >= 4 is 35.7 Å². The van der Waals surface area contributed by atoms with Crippen LogP contribution in [0.2, 0.25) is 5.02 Å². The lowest BCUT2D eigenvalue weighted by Crippen LogP contribution is -2.51. The Labute approximate surface area is 166 Å². The Morgan fingerprint density at radius 3 is 2.42 bits per heavy atom. The van der Waals surface area contributed by atoms with E-state index >= 15 is 0 Å². The summed E-state index contributed by atoms with van der Waals surface area (Å²) in [6.07, 6.45) is 0. The van der Waals surface area contributed by atoms with Gasteiger partial charge in [-0.3, -0.25) is 0 Å². The van der Waals surface area contributed by atoms with E-state index in [9.17, 15) is 4.79 Å². The van der Waals surface area contributed by atoms with Crippen LogP contribution in [0.4, 0.5) is 10.5 Å². The van der Waals surface area contributed by atoms with Crippen LogP contribution in [0.3, 0.4) is 0 Å². The molecule has 1 aliphatic heterocycles. The molecule has 0 saturated carbocycles. The smallest absolute Gasteiger partial charge is 0.317 e. The molecular formula is C20H25Cl2N3O. The van der Waals surface area contributed by atoms with Gasteiger partial charge in [0, 0.05) is 43.4 Å². The quantitative estimate of drug-likeness (QED) is 0.837. The van der Waals surface area contributed by atoms with Crippen molar-refractivity contribution in [3.05, 3.63) is 64.2 Å². The lowest BCUT2D eigenvalue weighted by molar-refractivity contribution is 0.194. The number of piperazine rings is 1. The van der Waals surface area contributed by atoms with E-state index in [1.165, 1.54) is 16.8 Å². The van der Waals surface area contributed by atoms with E-state index < -0.39 is 0 Å².